The summed E-state index contributed by atoms with van der Waals surface area (Å²) in [5.41, 5.74) is 0. The maximum absolute atomic E-state index is 12.5. The summed E-state index contributed by atoms with van der Waals surface area (Å²) in [4.78, 5) is 12.5. The van der Waals surface area contributed by atoms with Crippen LogP contribution in [0.1, 0.15) is 309 Å². The van der Waals surface area contributed by atoms with Gasteiger partial charge < -0.3 is 15.5 Å². The molecule has 0 saturated heterocycles. The van der Waals surface area contributed by atoms with E-state index in [1.807, 2.05) is 6.08 Å². The van der Waals surface area contributed by atoms with Gasteiger partial charge in [0.05, 0.1) is 18.8 Å². The number of carbonyl (C=O) groups excluding carboxylic acids is 1. The Labute approximate surface area is 389 Å². The summed E-state index contributed by atoms with van der Waals surface area (Å²) < 4.78 is 0. The third kappa shape index (κ3) is 49.6. The van der Waals surface area contributed by atoms with Gasteiger partial charge in [-0.2, -0.15) is 0 Å². The molecule has 2 unspecified atom stereocenters. The minimum absolute atomic E-state index is 0.0692. The first-order valence-corrected chi connectivity index (χ1v) is 28.2. The molecule has 0 bridgehead atoms. The SMILES string of the molecule is CCCCCCCCCCCCCC/C=C\CCCCCCCCCCCCCCCCCCC(=O)NC(CO)C(O)/C=C/CC/C=C/CCCCCCCCCCCCCC. The van der Waals surface area contributed by atoms with Gasteiger partial charge in [-0.25, -0.2) is 0 Å². The molecule has 0 aliphatic heterocycles. The first-order valence-electron chi connectivity index (χ1n) is 28.2. The van der Waals surface area contributed by atoms with Gasteiger partial charge in [-0.1, -0.05) is 281 Å². The van der Waals surface area contributed by atoms with Crippen molar-refractivity contribution in [1.29, 1.82) is 0 Å². The molecule has 0 aliphatic carbocycles. The van der Waals surface area contributed by atoms with Crippen LogP contribution in [0.4, 0.5) is 0 Å². The molecule has 0 saturated carbocycles. The van der Waals surface area contributed by atoms with E-state index in [9.17, 15) is 15.0 Å². The summed E-state index contributed by atoms with van der Waals surface area (Å²) in [5.74, 6) is -0.0692. The maximum Gasteiger partial charge on any atom is 0.220 e. The lowest BCUT2D eigenvalue weighted by Gasteiger charge is -2.19. The van der Waals surface area contributed by atoms with E-state index in [4.69, 9.17) is 0 Å². The summed E-state index contributed by atoms with van der Waals surface area (Å²) in [5, 5.41) is 23.1. The molecule has 0 rings (SSSR count). The van der Waals surface area contributed by atoms with E-state index in [2.05, 4.69) is 43.5 Å². The number of hydrogen-bond acceptors (Lipinski definition) is 3. The largest absolute Gasteiger partial charge is 0.394 e. The van der Waals surface area contributed by atoms with E-state index in [1.165, 1.54) is 257 Å². The first-order chi connectivity index (χ1) is 30.7. The zero-order valence-electron chi connectivity index (χ0n) is 42.2. The van der Waals surface area contributed by atoms with Crippen molar-refractivity contribution in [3.05, 3.63) is 36.5 Å². The van der Waals surface area contributed by atoms with Gasteiger partial charge in [0.2, 0.25) is 5.91 Å². The molecule has 4 nitrogen and oxygen atoms in total. The van der Waals surface area contributed by atoms with Crippen molar-refractivity contribution in [2.75, 3.05) is 6.61 Å². The topological polar surface area (TPSA) is 69.6 Å². The Hall–Kier alpha value is -1.39. The number of aliphatic hydroxyl groups is 2. The van der Waals surface area contributed by atoms with E-state index < -0.39 is 12.1 Å². The van der Waals surface area contributed by atoms with Crippen molar-refractivity contribution in [3.8, 4) is 0 Å². The number of hydrogen-bond donors (Lipinski definition) is 3. The number of carbonyl (C=O) groups is 1. The molecule has 0 heterocycles. The Morgan fingerprint density at radius 3 is 0.935 bits per heavy atom. The average molecular weight is 871 g/mol. The Morgan fingerprint density at radius 1 is 0.371 bits per heavy atom. The molecule has 0 aromatic carbocycles. The van der Waals surface area contributed by atoms with Crippen LogP contribution in [0, 0.1) is 0 Å². The zero-order chi connectivity index (χ0) is 44.9. The van der Waals surface area contributed by atoms with Crippen LogP contribution in [0.5, 0.6) is 0 Å². The van der Waals surface area contributed by atoms with Crippen molar-refractivity contribution in [2.24, 2.45) is 0 Å². The third-order valence-corrected chi connectivity index (χ3v) is 13.1. The second-order valence-electron chi connectivity index (χ2n) is 19.3. The van der Waals surface area contributed by atoms with E-state index in [0.29, 0.717) is 6.42 Å². The van der Waals surface area contributed by atoms with Crippen LogP contribution < -0.4 is 5.32 Å². The van der Waals surface area contributed by atoms with Gasteiger partial charge in [0.25, 0.3) is 0 Å². The van der Waals surface area contributed by atoms with Crippen LogP contribution in [0.2, 0.25) is 0 Å². The van der Waals surface area contributed by atoms with Gasteiger partial charge in [0, 0.05) is 6.42 Å². The van der Waals surface area contributed by atoms with Gasteiger partial charge in [0.15, 0.2) is 0 Å². The molecule has 0 aliphatic rings. The average Bonchev–Trinajstić information content (AvgIpc) is 3.28. The Bertz CT molecular complexity index is 943. The molecule has 2 atom stereocenters. The molecule has 0 aromatic rings. The molecule has 3 N–H and O–H groups in total. The Balaban J connectivity index is 3.47. The van der Waals surface area contributed by atoms with Crippen LogP contribution in [-0.2, 0) is 4.79 Å². The van der Waals surface area contributed by atoms with Gasteiger partial charge in [-0.15, -0.1) is 0 Å². The van der Waals surface area contributed by atoms with Gasteiger partial charge in [-0.05, 0) is 57.8 Å². The molecule has 0 radical (unpaired) electrons. The molecular weight excluding hydrogens is 759 g/mol. The number of allylic oxidation sites excluding steroid dienone is 5. The predicted molar refractivity (Wildman–Crippen MR) is 276 cm³/mol. The maximum atomic E-state index is 12.5. The summed E-state index contributed by atoms with van der Waals surface area (Å²) in [6, 6.07) is -0.638. The van der Waals surface area contributed by atoms with Crippen molar-refractivity contribution >= 4 is 5.91 Å². The number of unbranched alkanes of at least 4 members (excludes halogenated alkanes) is 41. The lowest BCUT2D eigenvalue weighted by Crippen LogP contribution is -2.45. The Kier molecular flexibility index (Phi) is 52.7. The van der Waals surface area contributed by atoms with E-state index in [-0.39, 0.29) is 12.5 Å². The van der Waals surface area contributed by atoms with Crippen LogP contribution in [0.15, 0.2) is 36.5 Å². The molecule has 0 spiro atoms. The van der Waals surface area contributed by atoms with Crippen molar-refractivity contribution in [2.45, 2.75) is 321 Å². The minimum atomic E-state index is -0.861. The highest BCUT2D eigenvalue weighted by Gasteiger charge is 2.18. The highest BCUT2D eigenvalue weighted by molar-refractivity contribution is 5.76. The van der Waals surface area contributed by atoms with Crippen molar-refractivity contribution < 1.29 is 15.0 Å². The quantitative estimate of drug-likeness (QED) is 0.0421. The number of aliphatic hydroxyl groups excluding tert-OH is 2. The molecule has 1 amide bonds. The fourth-order valence-corrected chi connectivity index (χ4v) is 8.78. The smallest absolute Gasteiger partial charge is 0.220 e. The molecule has 4 heteroatoms. The lowest BCUT2D eigenvalue weighted by molar-refractivity contribution is -0.123. The first kappa shape index (κ1) is 60.6. The molecule has 0 fully saturated rings. The lowest BCUT2D eigenvalue weighted by atomic mass is 10.0. The van der Waals surface area contributed by atoms with E-state index >= 15 is 0 Å². The third-order valence-electron chi connectivity index (χ3n) is 13.1. The predicted octanol–water partition coefficient (Wildman–Crippen LogP) is 18.5. The van der Waals surface area contributed by atoms with Gasteiger partial charge >= 0.3 is 0 Å². The van der Waals surface area contributed by atoms with Crippen LogP contribution >= 0.6 is 0 Å². The van der Waals surface area contributed by atoms with Gasteiger partial charge in [-0.3, -0.25) is 4.79 Å². The summed E-state index contributed by atoms with van der Waals surface area (Å²) in [6.45, 7) is 4.33. The number of nitrogens with one attached hydrogen (secondary N) is 1. The minimum Gasteiger partial charge on any atom is -0.394 e. The van der Waals surface area contributed by atoms with Crippen LogP contribution in [0.25, 0.3) is 0 Å². The fraction of sp³-hybridized carbons (Fsp3) is 0.879. The van der Waals surface area contributed by atoms with Crippen LogP contribution in [0.3, 0.4) is 0 Å². The molecular formula is C58H111NO3. The van der Waals surface area contributed by atoms with Crippen LogP contribution in [-0.4, -0.2) is 34.9 Å². The highest BCUT2D eigenvalue weighted by atomic mass is 16.3. The molecule has 366 valence electrons. The Morgan fingerprint density at radius 2 is 0.629 bits per heavy atom. The molecule has 0 aromatic heterocycles. The monoisotopic (exact) mass is 870 g/mol. The standard InChI is InChI=1S/C58H111NO3/c1-3-5-7-9-11-13-15-17-19-21-23-24-25-26-27-28-29-30-31-32-33-34-35-36-38-40-42-44-46-48-50-52-54-58(62)59-56(55-60)57(61)53-51-49-47-45-43-41-39-37-22-20-18-16-14-12-10-8-6-4-2/h26-27,43,45,51,53,56-57,60-61H,3-25,28-42,44,46-50,52,54-55H2,1-2H3,(H,59,62)/b27-26-,45-43+,53-51+. The van der Waals surface area contributed by atoms with Crippen molar-refractivity contribution in [1.82, 2.24) is 5.32 Å². The van der Waals surface area contributed by atoms with E-state index in [0.717, 1.165) is 32.1 Å². The summed E-state index contributed by atoms with van der Waals surface area (Å²) in [7, 11) is 0. The summed E-state index contributed by atoms with van der Waals surface area (Å²) >= 11 is 0. The molecule has 62 heavy (non-hydrogen) atoms. The van der Waals surface area contributed by atoms with Crippen molar-refractivity contribution in [3.63, 3.8) is 0 Å². The van der Waals surface area contributed by atoms with Gasteiger partial charge in [0.1, 0.15) is 0 Å². The second-order valence-corrected chi connectivity index (χ2v) is 19.3. The number of rotatable bonds is 52. The zero-order valence-corrected chi connectivity index (χ0v) is 42.2. The van der Waals surface area contributed by atoms with E-state index in [1.54, 1.807) is 6.08 Å². The highest BCUT2D eigenvalue weighted by Crippen LogP contribution is 2.17. The normalized spacial score (nSPS) is 13.0. The number of amides is 1. The fourth-order valence-electron chi connectivity index (χ4n) is 8.78. The second kappa shape index (κ2) is 53.9. The summed E-state index contributed by atoms with van der Waals surface area (Å²) in [6.07, 6.45) is 73.1.